The molecule has 1 saturated carbocycles. The summed E-state index contributed by atoms with van der Waals surface area (Å²) in [5.41, 5.74) is 7.85. The molecule has 2 atom stereocenters. The summed E-state index contributed by atoms with van der Waals surface area (Å²) in [4.78, 5) is 36.7. The van der Waals surface area contributed by atoms with Crippen molar-refractivity contribution in [1.82, 2.24) is 4.90 Å². The summed E-state index contributed by atoms with van der Waals surface area (Å²) in [6, 6.07) is 5.23. The van der Waals surface area contributed by atoms with E-state index in [9.17, 15) is 14.4 Å². The Morgan fingerprint density at radius 2 is 2.00 bits per heavy atom. The minimum absolute atomic E-state index is 0.111. The van der Waals surface area contributed by atoms with E-state index in [0.29, 0.717) is 17.8 Å². The van der Waals surface area contributed by atoms with Gasteiger partial charge in [-0.15, -0.1) is 0 Å². The van der Waals surface area contributed by atoms with Crippen LogP contribution in [0.25, 0.3) is 0 Å². The molecule has 3 N–H and O–H groups in total. The summed E-state index contributed by atoms with van der Waals surface area (Å²) < 4.78 is 0. The van der Waals surface area contributed by atoms with E-state index in [1.807, 2.05) is 6.92 Å². The van der Waals surface area contributed by atoms with Gasteiger partial charge in [0.1, 0.15) is 0 Å². The molecule has 0 aromatic heterocycles. The van der Waals surface area contributed by atoms with Gasteiger partial charge in [-0.3, -0.25) is 19.3 Å². The minimum Gasteiger partial charge on any atom is -0.399 e. The number of benzene rings is 1. The maximum Gasteiger partial charge on any atom is 0.233 e. The number of piperidine rings is 1. The smallest absolute Gasteiger partial charge is 0.233 e. The standard InChI is InChI=1S/C15H17N3O3/c1-8-6-9(16)2-3-12(8)17-13(19)4-5-18-14(20)10-7-11(10)15(18)21/h2-3,6,10-11H,4-5,7,16H2,1H3,(H,17,19). The summed E-state index contributed by atoms with van der Waals surface area (Å²) in [7, 11) is 0. The van der Waals surface area contributed by atoms with Crippen LogP contribution in [-0.2, 0) is 14.4 Å². The molecule has 3 rings (SSSR count). The Hall–Kier alpha value is -2.37. The molecule has 1 aliphatic carbocycles. The Bertz CT molecular complexity index is 621. The zero-order valence-electron chi connectivity index (χ0n) is 11.8. The van der Waals surface area contributed by atoms with Crippen LogP contribution >= 0.6 is 0 Å². The second-order valence-corrected chi connectivity index (χ2v) is 5.65. The molecule has 21 heavy (non-hydrogen) atoms. The molecule has 6 nitrogen and oxygen atoms in total. The summed E-state index contributed by atoms with van der Waals surface area (Å²) in [5.74, 6) is -0.688. The molecule has 1 aliphatic heterocycles. The molecular formula is C15H17N3O3. The highest BCUT2D eigenvalue weighted by Crippen LogP contribution is 2.46. The molecule has 110 valence electrons. The molecule has 1 aromatic rings. The van der Waals surface area contributed by atoms with E-state index < -0.39 is 0 Å². The van der Waals surface area contributed by atoms with Crippen LogP contribution in [0.1, 0.15) is 18.4 Å². The third-order valence-electron chi connectivity index (χ3n) is 4.04. The lowest BCUT2D eigenvalue weighted by molar-refractivity contribution is -0.141. The first kappa shape index (κ1) is 13.6. The Morgan fingerprint density at radius 1 is 1.33 bits per heavy atom. The van der Waals surface area contributed by atoms with Gasteiger partial charge in [-0.2, -0.15) is 0 Å². The Morgan fingerprint density at radius 3 is 2.62 bits per heavy atom. The monoisotopic (exact) mass is 287 g/mol. The number of aryl methyl sites for hydroxylation is 1. The second-order valence-electron chi connectivity index (χ2n) is 5.65. The van der Waals surface area contributed by atoms with E-state index in [2.05, 4.69) is 5.32 Å². The van der Waals surface area contributed by atoms with Gasteiger partial charge >= 0.3 is 0 Å². The highest BCUT2D eigenvalue weighted by atomic mass is 16.2. The lowest BCUT2D eigenvalue weighted by atomic mass is 10.1. The van der Waals surface area contributed by atoms with E-state index in [1.165, 1.54) is 4.90 Å². The number of rotatable bonds is 4. The number of nitrogens with two attached hydrogens (primary N) is 1. The summed E-state index contributed by atoms with van der Waals surface area (Å²) in [5, 5.41) is 2.77. The fourth-order valence-corrected chi connectivity index (χ4v) is 2.72. The number of carbonyl (C=O) groups is 3. The van der Waals surface area contributed by atoms with Gasteiger partial charge in [0.25, 0.3) is 0 Å². The van der Waals surface area contributed by atoms with Gasteiger partial charge in [0, 0.05) is 24.3 Å². The molecular weight excluding hydrogens is 270 g/mol. The van der Waals surface area contributed by atoms with Crippen molar-refractivity contribution >= 4 is 29.1 Å². The van der Waals surface area contributed by atoms with Crippen molar-refractivity contribution in [1.29, 1.82) is 0 Å². The highest BCUT2D eigenvalue weighted by Gasteiger charge is 2.58. The lowest BCUT2D eigenvalue weighted by Gasteiger charge is -2.16. The third-order valence-corrected chi connectivity index (χ3v) is 4.04. The number of imide groups is 1. The third kappa shape index (κ3) is 2.49. The zero-order chi connectivity index (χ0) is 15.1. The topological polar surface area (TPSA) is 92.5 Å². The van der Waals surface area contributed by atoms with Gasteiger partial charge in [-0.25, -0.2) is 0 Å². The van der Waals surface area contributed by atoms with Crippen LogP contribution in [0.3, 0.4) is 0 Å². The predicted molar refractivity (Wildman–Crippen MR) is 77.2 cm³/mol. The zero-order valence-corrected chi connectivity index (χ0v) is 11.8. The molecule has 1 saturated heterocycles. The Kier molecular flexibility index (Phi) is 3.16. The molecule has 2 aliphatic rings. The number of fused-ring (bicyclic) bond motifs is 1. The first-order chi connectivity index (χ1) is 9.97. The lowest BCUT2D eigenvalue weighted by Crippen LogP contribution is -2.35. The molecule has 2 fully saturated rings. The summed E-state index contributed by atoms with van der Waals surface area (Å²) >= 11 is 0. The van der Waals surface area contributed by atoms with Gasteiger partial charge < -0.3 is 11.1 Å². The van der Waals surface area contributed by atoms with Crippen LogP contribution in [0.5, 0.6) is 0 Å². The minimum atomic E-state index is -0.218. The number of likely N-dealkylation sites (tertiary alicyclic amines) is 1. The van der Waals surface area contributed by atoms with E-state index in [1.54, 1.807) is 18.2 Å². The quantitative estimate of drug-likeness (QED) is 0.636. The number of nitrogens with one attached hydrogen (secondary N) is 1. The van der Waals surface area contributed by atoms with Crippen molar-refractivity contribution in [3.05, 3.63) is 23.8 Å². The van der Waals surface area contributed by atoms with Crippen molar-refractivity contribution in [3.8, 4) is 0 Å². The maximum atomic E-state index is 11.9. The molecule has 0 spiro atoms. The molecule has 1 aromatic carbocycles. The van der Waals surface area contributed by atoms with Crippen LogP contribution in [-0.4, -0.2) is 29.2 Å². The number of carbonyl (C=O) groups excluding carboxylic acids is 3. The van der Waals surface area contributed by atoms with Gasteiger partial charge in [-0.05, 0) is 37.1 Å². The van der Waals surface area contributed by atoms with Gasteiger partial charge in [-0.1, -0.05) is 0 Å². The van der Waals surface area contributed by atoms with E-state index in [0.717, 1.165) is 5.56 Å². The number of hydrogen-bond acceptors (Lipinski definition) is 4. The van der Waals surface area contributed by atoms with Crippen molar-refractivity contribution in [2.45, 2.75) is 19.8 Å². The first-order valence-electron chi connectivity index (χ1n) is 6.98. The fourth-order valence-electron chi connectivity index (χ4n) is 2.72. The predicted octanol–water partition coefficient (Wildman–Crippen LogP) is 0.911. The first-order valence-corrected chi connectivity index (χ1v) is 6.98. The second kappa shape index (κ2) is 4.87. The SMILES string of the molecule is Cc1cc(N)ccc1NC(=O)CCN1C(=O)C2CC2C1=O. The molecule has 6 heteroatoms. The normalized spacial score (nSPS) is 23.2. The van der Waals surface area contributed by atoms with Crippen molar-refractivity contribution in [3.63, 3.8) is 0 Å². The van der Waals surface area contributed by atoms with Crippen LogP contribution in [0.4, 0.5) is 11.4 Å². The average molecular weight is 287 g/mol. The maximum absolute atomic E-state index is 11.9. The number of hydrogen-bond donors (Lipinski definition) is 2. The Balaban J connectivity index is 1.55. The molecule has 1 heterocycles. The van der Waals surface area contributed by atoms with Gasteiger partial charge in [0.05, 0.1) is 11.8 Å². The van der Waals surface area contributed by atoms with Crippen LogP contribution in [0.2, 0.25) is 0 Å². The van der Waals surface area contributed by atoms with Gasteiger partial charge in [0.2, 0.25) is 17.7 Å². The largest absolute Gasteiger partial charge is 0.399 e. The number of nitrogen functional groups attached to an aromatic ring is 1. The van der Waals surface area contributed by atoms with E-state index in [4.69, 9.17) is 5.73 Å². The molecule has 0 bridgehead atoms. The molecule has 3 amide bonds. The number of amides is 3. The molecule has 0 radical (unpaired) electrons. The van der Waals surface area contributed by atoms with Crippen LogP contribution in [0, 0.1) is 18.8 Å². The van der Waals surface area contributed by atoms with Crippen LogP contribution in [0.15, 0.2) is 18.2 Å². The molecule has 2 unspecified atom stereocenters. The van der Waals surface area contributed by atoms with Crippen molar-refractivity contribution in [2.75, 3.05) is 17.6 Å². The average Bonchev–Trinajstić information content (AvgIpc) is 3.17. The highest BCUT2D eigenvalue weighted by molar-refractivity contribution is 6.09. The van der Waals surface area contributed by atoms with Crippen molar-refractivity contribution < 1.29 is 14.4 Å². The fraction of sp³-hybridized carbons (Fsp3) is 0.400. The van der Waals surface area contributed by atoms with Crippen molar-refractivity contribution in [2.24, 2.45) is 11.8 Å². The van der Waals surface area contributed by atoms with Gasteiger partial charge in [0.15, 0.2) is 0 Å². The summed E-state index contributed by atoms with van der Waals surface area (Å²) in [6.07, 6.45) is 0.797. The van der Waals surface area contributed by atoms with E-state index >= 15 is 0 Å². The summed E-state index contributed by atoms with van der Waals surface area (Å²) in [6.45, 7) is 2.01. The van der Waals surface area contributed by atoms with E-state index in [-0.39, 0.29) is 42.5 Å². The number of anilines is 2. The van der Waals surface area contributed by atoms with Crippen LogP contribution < -0.4 is 11.1 Å². The Labute approximate surface area is 122 Å². The number of nitrogens with zero attached hydrogens (tertiary/aromatic N) is 1.